The van der Waals surface area contributed by atoms with Crippen LogP contribution in [0.25, 0.3) is 0 Å². The lowest BCUT2D eigenvalue weighted by Gasteiger charge is -2.17. The first-order valence-electron chi connectivity index (χ1n) is 8.01. The highest BCUT2D eigenvalue weighted by Gasteiger charge is 2.24. The van der Waals surface area contributed by atoms with E-state index in [1.54, 1.807) is 12.3 Å². The van der Waals surface area contributed by atoms with E-state index in [1.165, 1.54) is 12.1 Å². The summed E-state index contributed by atoms with van der Waals surface area (Å²) in [5.41, 5.74) is 0.772. The average Bonchev–Trinajstić information content (AvgIpc) is 3.05. The van der Waals surface area contributed by atoms with Gasteiger partial charge in [0.25, 0.3) is 0 Å². The fraction of sp³-hybridized carbons (Fsp3) is 0.333. The molecule has 1 aromatic carbocycles. The van der Waals surface area contributed by atoms with Gasteiger partial charge in [0.1, 0.15) is 11.6 Å². The van der Waals surface area contributed by atoms with Gasteiger partial charge < -0.3 is 10.2 Å². The van der Waals surface area contributed by atoms with Crippen molar-refractivity contribution in [3.05, 3.63) is 59.0 Å². The van der Waals surface area contributed by atoms with Crippen molar-refractivity contribution in [2.24, 2.45) is 0 Å². The van der Waals surface area contributed by atoms with Crippen LogP contribution in [0, 0.1) is 5.82 Å². The monoisotopic (exact) mass is 347 g/mol. The summed E-state index contributed by atoms with van der Waals surface area (Å²) in [7, 11) is 0. The molecule has 2 aromatic rings. The zero-order valence-electron chi connectivity index (χ0n) is 13.2. The van der Waals surface area contributed by atoms with Gasteiger partial charge in [-0.2, -0.15) is 0 Å². The minimum Gasteiger partial charge on any atom is -0.354 e. The Hall–Kier alpha value is -2.14. The van der Waals surface area contributed by atoms with Gasteiger partial charge in [0.05, 0.1) is 5.02 Å². The van der Waals surface area contributed by atoms with Crippen LogP contribution in [-0.2, 0) is 11.2 Å². The Balaban J connectivity index is 1.46. The number of nitrogens with one attached hydrogen (secondary N) is 1. The summed E-state index contributed by atoms with van der Waals surface area (Å²) in [6.07, 6.45) is 3.50. The van der Waals surface area contributed by atoms with Gasteiger partial charge >= 0.3 is 0 Å². The number of benzene rings is 1. The lowest BCUT2D eigenvalue weighted by Crippen LogP contribution is -2.37. The Bertz CT molecular complexity index is 711. The number of carbonyl (C=O) groups is 1. The van der Waals surface area contributed by atoms with Crippen LogP contribution < -0.4 is 10.2 Å². The smallest absolute Gasteiger partial charge is 0.220 e. The normalized spacial score (nSPS) is 17.1. The van der Waals surface area contributed by atoms with Crippen LogP contribution in [0.2, 0.25) is 5.02 Å². The van der Waals surface area contributed by atoms with Crippen molar-refractivity contribution in [2.45, 2.75) is 25.3 Å². The quantitative estimate of drug-likeness (QED) is 0.903. The van der Waals surface area contributed by atoms with E-state index in [0.717, 1.165) is 30.9 Å². The molecule has 1 atom stereocenters. The van der Waals surface area contributed by atoms with E-state index >= 15 is 0 Å². The number of halogens is 2. The Labute approximate surface area is 145 Å². The molecule has 1 aliphatic heterocycles. The molecule has 6 heteroatoms. The second-order valence-corrected chi connectivity index (χ2v) is 6.34. The molecule has 0 radical (unpaired) electrons. The van der Waals surface area contributed by atoms with Crippen LogP contribution in [0.5, 0.6) is 0 Å². The van der Waals surface area contributed by atoms with Crippen LogP contribution >= 0.6 is 11.6 Å². The van der Waals surface area contributed by atoms with Crippen LogP contribution in [0.4, 0.5) is 10.2 Å². The molecule has 1 saturated heterocycles. The number of nitrogens with zero attached hydrogens (tertiary/aromatic N) is 2. The zero-order chi connectivity index (χ0) is 16.9. The fourth-order valence-electron chi connectivity index (χ4n) is 2.88. The highest BCUT2D eigenvalue weighted by Crippen LogP contribution is 2.18. The predicted octanol–water partition coefficient (Wildman–Crippen LogP) is 3.20. The molecule has 3 rings (SSSR count). The lowest BCUT2D eigenvalue weighted by molar-refractivity contribution is -0.121. The number of amides is 1. The van der Waals surface area contributed by atoms with Gasteiger partial charge in [0, 0.05) is 31.7 Å². The van der Waals surface area contributed by atoms with Gasteiger partial charge in [0.2, 0.25) is 5.91 Å². The molecule has 126 valence electrons. The van der Waals surface area contributed by atoms with Crippen molar-refractivity contribution in [3.8, 4) is 0 Å². The van der Waals surface area contributed by atoms with E-state index < -0.39 is 5.82 Å². The van der Waals surface area contributed by atoms with Crippen molar-refractivity contribution in [3.63, 3.8) is 0 Å². The Kier molecular flexibility index (Phi) is 5.30. The molecule has 1 aromatic heterocycles. The number of hydrogen-bond donors (Lipinski definition) is 1. The van der Waals surface area contributed by atoms with Gasteiger partial charge in [-0.3, -0.25) is 4.79 Å². The summed E-state index contributed by atoms with van der Waals surface area (Å²) in [5.74, 6) is 0.473. The van der Waals surface area contributed by atoms with E-state index in [4.69, 9.17) is 11.6 Å². The van der Waals surface area contributed by atoms with Crippen molar-refractivity contribution < 1.29 is 9.18 Å². The minimum atomic E-state index is -0.448. The first-order chi connectivity index (χ1) is 11.6. The summed E-state index contributed by atoms with van der Waals surface area (Å²) in [6, 6.07) is 10.6. The van der Waals surface area contributed by atoms with Crippen LogP contribution in [0.15, 0.2) is 42.6 Å². The van der Waals surface area contributed by atoms with Gasteiger partial charge in [-0.25, -0.2) is 9.37 Å². The maximum atomic E-state index is 13.4. The molecule has 1 amide bonds. The SMILES string of the molecule is O=C(CCc1ccc(Cl)c(F)c1)NC1CCN(c2ccccn2)C1. The number of pyridine rings is 1. The van der Waals surface area contributed by atoms with Crippen molar-refractivity contribution in [1.29, 1.82) is 0 Å². The minimum absolute atomic E-state index is 0.0155. The fourth-order valence-corrected chi connectivity index (χ4v) is 3.00. The standard InChI is InChI=1S/C18H19ClFN3O/c19-15-6-4-13(11-16(15)20)5-7-18(24)22-14-8-10-23(12-14)17-3-1-2-9-21-17/h1-4,6,9,11,14H,5,7-8,10,12H2,(H,22,24). The van der Waals surface area contributed by atoms with Gasteiger partial charge in [0.15, 0.2) is 0 Å². The summed E-state index contributed by atoms with van der Waals surface area (Å²) in [4.78, 5) is 18.6. The topological polar surface area (TPSA) is 45.2 Å². The Morgan fingerprint density at radius 3 is 3.00 bits per heavy atom. The highest BCUT2D eigenvalue weighted by molar-refractivity contribution is 6.30. The van der Waals surface area contributed by atoms with Gasteiger partial charge in [-0.05, 0) is 42.7 Å². The molecular weight excluding hydrogens is 329 g/mol. The van der Waals surface area contributed by atoms with Crippen molar-refractivity contribution >= 4 is 23.3 Å². The summed E-state index contributed by atoms with van der Waals surface area (Å²) < 4.78 is 13.4. The third-order valence-corrected chi connectivity index (χ3v) is 4.46. The average molecular weight is 348 g/mol. The molecule has 24 heavy (non-hydrogen) atoms. The second kappa shape index (κ2) is 7.62. The highest BCUT2D eigenvalue weighted by atomic mass is 35.5. The molecule has 0 aliphatic carbocycles. The number of aryl methyl sites for hydroxylation is 1. The molecule has 0 saturated carbocycles. The largest absolute Gasteiger partial charge is 0.354 e. The molecular formula is C18H19ClFN3O. The van der Waals surface area contributed by atoms with Gasteiger partial charge in [-0.15, -0.1) is 0 Å². The number of carbonyl (C=O) groups excluding carboxylic acids is 1. The van der Waals surface area contributed by atoms with E-state index in [0.29, 0.717) is 12.8 Å². The van der Waals surface area contributed by atoms with E-state index in [-0.39, 0.29) is 17.0 Å². The van der Waals surface area contributed by atoms with E-state index in [2.05, 4.69) is 15.2 Å². The third kappa shape index (κ3) is 4.23. The third-order valence-electron chi connectivity index (χ3n) is 4.15. The van der Waals surface area contributed by atoms with Crippen LogP contribution in [0.1, 0.15) is 18.4 Å². The van der Waals surface area contributed by atoms with Crippen molar-refractivity contribution in [1.82, 2.24) is 10.3 Å². The first kappa shape index (κ1) is 16.7. The Morgan fingerprint density at radius 1 is 1.38 bits per heavy atom. The molecule has 1 unspecified atom stereocenters. The number of hydrogen-bond acceptors (Lipinski definition) is 3. The number of rotatable bonds is 5. The molecule has 0 spiro atoms. The molecule has 1 aliphatic rings. The summed E-state index contributed by atoms with van der Waals surface area (Å²) in [5, 5.41) is 3.15. The maximum absolute atomic E-state index is 13.4. The predicted molar refractivity (Wildman–Crippen MR) is 92.7 cm³/mol. The summed E-state index contributed by atoms with van der Waals surface area (Å²) in [6.45, 7) is 1.64. The van der Waals surface area contributed by atoms with E-state index in [1.807, 2.05) is 18.2 Å². The van der Waals surface area contributed by atoms with Crippen LogP contribution in [0.3, 0.4) is 0 Å². The van der Waals surface area contributed by atoms with Gasteiger partial charge in [-0.1, -0.05) is 23.7 Å². The van der Waals surface area contributed by atoms with Crippen molar-refractivity contribution in [2.75, 3.05) is 18.0 Å². The number of aromatic nitrogens is 1. The Morgan fingerprint density at radius 2 is 2.25 bits per heavy atom. The molecule has 4 nitrogen and oxygen atoms in total. The molecule has 2 heterocycles. The van der Waals surface area contributed by atoms with Crippen LogP contribution in [-0.4, -0.2) is 30.0 Å². The number of anilines is 1. The molecule has 1 N–H and O–H groups in total. The second-order valence-electron chi connectivity index (χ2n) is 5.94. The summed E-state index contributed by atoms with van der Waals surface area (Å²) >= 11 is 5.66. The first-order valence-corrected chi connectivity index (χ1v) is 8.39. The molecule has 0 bridgehead atoms. The van der Waals surface area contributed by atoms with E-state index in [9.17, 15) is 9.18 Å². The zero-order valence-corrected chi connectivity index (χ0v) is 14.0. The molecule has 1 fully saturated rings. The lowest BCUT2D eigenvalue weighted by atomic mass is 10.1. The maximum Gasteiger partial charge on any atom is 0.220 e.